The number of benzene rings is 3. The number of carbonyl (C=O) groups is 1. The van der Waals surface area contributed by atoms with Gasteiger partial charge in [-0.05, 0) is 53.9 Å². The molecule has 156 valence electrons. The fourth-order valence-electron chi connectivity index (χ4n) is 2.80. The Morgan fingerprint density at radius 3 is 2.23 bits per heavy atom. The van der Waals surface area contributed by atoms with Crippen LogP contribution in [-0.4, -0.2) is 20.9 Å². The number of sulfonamides is 1. The van der Waals surface area contributed by atoms with Crippen molar-refractivity contribution in [1.29, 1.82) is 0 Å². The average Bonchev–Trinajstić information content (AvgIpc) is 2.74. The number of amides is 1. The molecule has 2 N–H and O–H groups in total. The van der Waals surface area contributed by atoms with Crippen molar-refractivity contribution in [2.45, 2.75) is 17.7 Å². The highest BCUT2D eigenvalue weighted by Crippen LogP contribution is 2.19. The lowest BCUT2D eigenvalue weighted by Crippen LogP contribution is -2.27. The lowest BCUT2D eigenvalue weighted by atomic mass is 10.0. The molecule has 0 aliphatic heterocycles. The third-order valence-corrected chi connectivity index (χ3v) is 5.92. The maximum atomic E-state index is 13.3. The molecule has 3 aromatic rings. The number of nitrogens with one attached hydrogen (secondary N) is 2. The Bertz CT molecular complexity index is 1130. The lowest BCUT2D eigenvalue weighted by molar-refractivity contribution is 0.0951. The SMILES string of the molecule is CC(CNC(=O)c1ccc(NS(=O)(=O)c2ccc(F)c(F)c2)cc1)c1ccccc1. The van der Waals surface area contributed by atoms with E-state index in [-0.39, 0.29) is 17.5 Å². The minimum absolute atomic E-state index is 0.136. The molecule has 3 aromatic carbocycles. The molecule has 8 heteroatoms. The van der Waals surface area contributed by atoms with E-state index in [1.54, 1.807) is 0 Å². The van der Waals surface area contributed by atoms with Gasteiger partial charge >= 0.3 is 0 Å². The maximum absolute atomic E-state index is 13.3. The Hall–Kier alpha value is -3.26. The van der Waals surface area contributed by atoms with E-state index >= 15 is 0 Å². The van der Waals surface area contributed by atoms with E-state index in [0.717, 1.165) is 17.7 Å². The Kier molecular flexibility index (Phi) is 6.47. The predicted octanol–water partition coefficient (Wildman–Crippen LogP) is 4.30. The number of hydrogen-bond acceptors (Lipinski definition) is 3. The van der Waals surface area contributed by atoms with Gasteiger partial charge in [0.2, 0.25) is 0 Å². The molecule has 0 aromatic heterocycles. The molecule has 1 unspecified atom stereocenters. The van der Waals surface area contributed by atoms with Gasteiger partial charge in [-0.2, -0.15) is 0 Å². The topological polar surface area (TPSA) is 75.3 Å². The molecule has 0 radical (unpaired) electrons. The van der Waals surface area contributed by atoms with Gasteiger partial charge < -0.3 is 5.32 Å². The second-order valence-electron chi connectivity index (χ2n) is 6.78. The van der Waals surface area contributed by atoms with Gasteiger partial charge in [0, 0.05) is 17.8 Å². The van der Waals surface area contributed by atoms with Gasteiger partial charge in [0.05, 0.1) is 4.90 Å². The first kappa shape index (κ1) is 21.4. The number of hydrogen-bond donors (Lipinski definition) is 2. The highest BCUT2D eigenvalue weighted by Gasteiger charge is 2.17. The average molecular weight is 430 g/mol. The van der Waals surface area contributed by atoms with Crippen LogP contribution in [0.15, 0.2) is 77.7 Å². The van der Waals surface area contributed by atoms with Crippen molar-refractivity contribution < 1.29 is 22.0 Å². The van der Waals surface area contributed by atoms with Crippen LogP contribution in [0.4, 0.5) is 14.5 Å². The van der Waals surface area contributed by atoms with Crippen LogP contribution in [0, 0.1) is 11.6 Å². The zero-order chi connectivity index (χ0) is 21.7. The van der Waals surface area contributed by atoms with Crippen LogP contribution in [0.25, 0.3) is 0 Å². The van der Waals surface area contributed by atoms with Gasteiger partial charge in [0.25, 0.3) is 15.9 Å². The molecular formula is C22H20F2N2O3S. The summed E-state index contributed by atoms with van der Waals surface area (Å²) < 4.78 is 53.2. The van der Waals surface area contributed by atoms with Crippen LogP contribution >= 0.6 is 0 Å². The molecule has 3 rings (SSSR count). The summed E-state index contributed by atoms with van der Waals surface area (Å²) in [6, 6.07) is 17.9. The monoisotopic (exact) mass is 430 g/mol. The van der Waals surface area contributed by atoms with Crippen LogP contribution in [-0.2, 0) is 10.0 Å². The van der Waals surface area contributed by atoms with Crippen molar-refractivity contribution in [3.63, 3.8) is 0 Å². The molecular weight excluding hydrogens is 410 g/mol. The van der Waals surface area contributed by atoms with Gasteiger partial charge in [-0.25, -0.2) is 17.2 Å². The molecule has 0 saturated carbocycles. The number of anilines is 1. The fourth-order valence-corrected chi connectivity index (χ4v) is 3.87. The third-order valence-electron chi connectivity index (χ3n) is 4.54. The Labute approximate surface area is 173 Å². The van der Waals surface area contributed by atoms with Crippen molar-refractivity contribution in [1.82, 2.24) is 5.32 Å². The van der Waals surface area contributed by atoms with Gasteiger partial charge in [-0.1, -0.05) is 37.3 Å². The summed E-state index contributed by atoms with van der Waals surface area (Å²) in [7, 11) is -4.10. The van der Waals surface area contributed by atoms with E-state index in [0.29, 0.717) is 18.2 Å². The molecule has 0 fully saturated rings. The summed E-state index contributed by atoms with van der Waals surface area (Å²) in [6.45, 7) is 2.46. The smallest absolute Gasteiger partial charge is 0.261 e. The van der Waals surface area contributed by atoms with Crippen molar-refractivity contribution in [2.24, 2.45) is 0 Å². The van der Waals surface area contributed by atoms with Gasteiger partial charge in [0.15, 0.2) is 11.6 Å². The predicted molar refractivity (Wildman–Crippen MR) is 111 cm³/mol. The number of halogens is 2. The van der Waals surface area contributed by atoms with Crippen LogP contribution in [0.5, 0.6) is 0 Å². The Balaban J connectivity index is 1.62. The molecule has 0 heterocycles. The minimum atomic E-state index is -4.10. The second-order valence-corrected chi connectivity index (χ2v) is 8.46. The van der Waals surface area contributed by atoms with E-state index in [1.807, 2.05) is 37.3 Å². The summed E-state index contributed by atoms with van der Waals surface area (Å²) in [6.07, 6.45) is 0. The Morgan fingerprint density at radius 1 is 0.933 bits per heavy atom. The molecule has 0 saturated heterocycles. The minimum Gasteiger partial charge on any atom is -0.351 e. The first-order valence-corrected chi connectivity index (χ1v) is 10.7. The third kappa shape index (κ3) is 5.21. The van der Waals surface area contributed by atoms with Crippen molar-refractivity contribution >= 4 is 21.6 Å². The maximum Gasteiger partial charge on any atom is 0.261 e. The number of rotatable bonds is 7. The highest BCUT2D eigenvalue weighted by molar-refractivity contribution is 7.92. The lowest BCUT2D eigenvalue weighted by Gasteiger charge is -2.13. The van der Waals surface area contributed by atoms with Crippen LogP contribution in [0.3, 0.4) is 0 Å². The molecule has 0 aliphatic carbocycles. The van der Waals surface area contributed by atoms with Crippen molar-refractivity contribution in [3.8, 4) is 0 Å². The fraction of sp³-hybridized carbons (Fsp3) is 0.136. The summed E-state index contributed by atoms with van der Waals surface area (Å²) >= 11 is 0. The van der Waals surface area contributed by atoms with Crippen molar-refractivity contribution in [3.05, 3.63) is 95.6 Å². The first-order valence-electron chi connectivity index (χ1n) is 9.17. The van der Waals surface area contributed by atoms with E-state index in [2.05, 4.69) is 10.0 Å². The quantitative estimate of drug-likeness (QED) is 0.587. The molecule has 0 bridgehead atoms. The Morgan fingerprint density at radius 2 is 1.60 bits per heavy atom. The summed E-state index contributed by atoms with van der Waals surface area (Å²) in [5, 5.41) is 2.85. The van der Waals surface area contributed by atoms with Crippen LogP contribution < -0.4 is 10.0 Å². The molecule has 1 amide bonds. The van der Waals surface area contributed by atoms with Crippen molar-refractivity contribution in [2.75, 3.05) is 11.3 Å². The van der Waals surface area contributed by atoms with E-state index in [1.165, 1.54) is 24.3 Å². The first-order chi connectivity index (χ1) is 14.3. The molecule has 0 spiro atoms. The second kappa shape index (κ2) is 9.04. The highest BCUT2D eigenvalue weighted by atomic mass is 32.2. The standard InChI is InChI=1S/C22H20F2N2O3S/c1-15(16-5-3-2-4-6-16)14-25-22(27)17-7-9-18(10-8-17)26-30(28,29)19-11-12-20(23)21(24)13-19/h2-13,15,26H,14H2,1H3,(H,25,27). The van der Waals surface area contributed by atoms with Crippen LogP contribution in [0.2, 0.25) is 0 Å². The summed E-state index contributed by atoms with van der Waals surface area (Å²) in [5.41, 5.74) is 1.67. The normalized spacial score (nSPS) is 12.2. The van der Waals surface area contributed by atoms with E-state index in [9.17, 15) is 22.0 Å². The van der Waals surface area contributed by atoms with Gasteiger partial charge in [-0.15, -0.1) is 0 Å². The van der Waals surface area contributed by atoms with E-state index < -0.39 is 26.6 Å². The largest absolute Gasteiger partial charge is 0.351 e. The molecule has 30 heavy (non-hydrogen) atoms. The zero-order valence-electron chi connectivity index (χ0n) is 16.1. The zero-order valence-corrected chi connectivity index (χ0v) is 16.9. The molecule has 5 nitrogen and oxygen atoms in total. The summed E-state index contributed by atoms with van der Waals surface area (Å²) in [5.74, 6) is -2.54. The van der Waals surface area contributed by atoms with Gasteiger partial charge in [0.1, 0.15) is 0 Å². The van der Waals surface area contributed by atoms with Crippen LogP contribution in [0.1, 0.15) is 28.8 Å². The van der Waals surface area contributed by atoms with E-state index in [4.69, 9.17) is 0 Å². The molecule has 0 aliphatic rings. The summed E-state index contributed by atoms with van der Waals surface area (Å²) in [4.78, 5) is 11.9. The van der Waals surface area contributed by atoms with Gasteiger partial charge in [-0.3, -0.25) is 9.52 Å². The number of carbonyl (C=O) groups excluding carboxylic acids is 1. The molecule has 1 atom stereocenters.